The number of nitro benzene ring substituents is 1. The Morgan fingerprint density at radius 2 is 1.95 bits per heavy atom. The second-order valence-corrected chi connectivity index (χ2v) is 5.83. The molecule has 2 rings (SSSR count). The average molecular weight is 382 g/mol. The monoisotopic (exact) mass is 382 g/mol. The molecular weight excluding hydrogens is 367 g/mol. The minimum atomic E-state index is -0.369. The van der Waals surface area contributed by atoms with Gasteiger partial charge in [0.1, 0.15) is 0 Å². The second kappa shape index (κ2) is 6.81. The van der Waals surface area contributed by atoms with Crippen LogP contribution in [0.25, 0.3) is 0 Å². The van der Waals surface area contributed by atoms with E-state index in [2.05, 4.69) is 59.1 Å². The molecule has 1 atom stereocenters. The summed E-state index contributed by atoms with van der Waals surface area (Å²) >= 11 is 2.28. The van der Waals surface area contributed by atoms with E-state index in [1.807, 2.05) is 6.07 Å². The van der Waals surface area contributed by atoms with Gasteiger partial charge in [0.2, 0.25) is 0 Å². The van der Waals surface area contributed by atoms with Crippen LogP contribution in [0.15, 0.2) is 48.5 Å². The fourth-order valence-corrected chi connectivity index (χ4v) is 2.28. The number of benzene rings is 2. The summed E-state index contributed by atoms with van der Waals surface area (Å²) in [6, 6.07) is 15.2. The number of nitro groups is 1. The number of non-ortho nitro benzene ring substituents is 1. The van der Waals surface area contributed by atoms with Crippen LogP contribution in [0.4, 0.5) is 5.69 Å². The molecular formula is C15H15IN2O2. The summed E-state index contributed by atoms with van der Waals surface area (Å²) in [5.41, 5.74) is 2.25. The predicted octanol–water partition coefficient (Wildman–Crippen LogP) is 4.05. The van der Waals surface area contributed by atoms with Crippen molar-refractivity contribution in [2.45, 2.75) is 19.5 Å². The van der Waals surface area contributed by atoms with Crippen molar-refractivity contribution in [2.75, 3.05) is 0 Å². The van der Waals surface area contributed by atoms with Gasteiger partial charge in [0.25, 0.3) is 5.69 Å². The van der Waals surface area contributed by atoms with E-state index in [0.29, 0.717) is 6.54 Å². The lowest BCUT2D eigenvalue weighted by atomic mass is 10.1. The van der Waals surface area contributed by atoms with E-state index < -0.39 is 0 Å². The van der Waals surface area contributed by atoms with Crippen molar-refractivity contribution in [3.8, 4) is 0 Å². The van der Waals surface area contributed by atoms with Crippen LogP contribution in [0.5, 0.6) is 0 Å². The first-order valence-corrected chi connectivity index (χ1v) is 7.36. The number of hydrogen-bond donors (Lipinski definition) is 1. The number of hydrogen-bond acceptors (Lipinski definition) is 3. The van der Waals surface area contributed by atoms with Crippen molar-refractivity contribution in [3.63, 3.8) is 0 Å². The van der Waals surface area contributed by atoms with Gasteiger partial charge in [-0.15, -0.1) is 0 Å². The molecule has 2 aromatic carbocycles. The first kappa shape index (κ1) is 14.9. The summed E-state index contributed by atoms with van der Waals surface area (Å²) in [5.74, 6) is 0. The Bertz CT molecular complexity index is 599. The third-order valence-electron chi connectivity index (χ3n) is 3.10. The molecule has 20 heavy (non-hydrogen) atoms. The smallest absolute Gasteiger partial charge is 0.269 e. The van der Waals surface area contributed by atoms with Crippen LogP contribution in [-0.2, 0) is 6.54 Å². The van der Waals surface area contributed by atoms with Crippen molar-refractivity contribution in [1.29, 1.82) is 0 Å². The largest absolute Gasteiger partial charge is 0.306 e. The van der Waals surface area contributed by atoms with Crippen LogP contribution in [-0.4, -0.2) is 4.92 Å². The van der Waals surface area contributed by atoms with Gasteiger partial charge in [-0.25, -0.2) is 0 Å². The molecule has 0 spiro atoms. The van der Waals surface area contributed by atoms with Crippen LogP contribution >= 0.6 is 22.6 Å². The molecule has 0 saturated carbocycles. The highest BCUT2D eigenvalue weighted by molar-refractivity contribution is 14.1. The quantitative estimate of drug-likeness (QED) is 0.482. The molecule has 1 unspecified atom stereocenters. The van der Waals surface area contributed by atoms with Gasteiger partial charge in [0, 0.05) is 28.3 Å². The molecule has 0 amide bonds. The highest BCUT2D eigenvalue weighted by Crippen LogP contribution is 2.17. The van der Waals surface area contributed by atoms with Crippen molar-refractivity contribution < 1.29 is 4.92 Å². The summed E-state index contributed by atoms with van der Waals surface area (Å²) in [6.07, 6.45) is 0. The predicted molar refractivity (Wildman–Crippen MR) is 87.5 cm³/mol. The zero-order valence-corrected chi connectivity index (χ0v) is 13.2. The van der Waals surface area contributed by atoms with Crippen LogP contribution < -0.4 is 5.32 Å². The molecule has 0 aliphatic heterocycles. The van der Waals surface area contributed by atoms with Crippen molar-refractivity contribution in [2.24, 2.45) is 0 Å². The number of halogens is 1. The molecule has 0 bridgehead atoms. The Morgan fingerprint density at radius 1 is 1.25 bits per heavy atom. The Hall–Kier alpha value is -1.47. The molecule has 104 valence electrons. The van der Waals surface area contributed by atoms with E-state index in [4.69, 9.17) is 0 Å². The average Bonchev–Trinajstić information content (AvgIpc) is 2.46. The van der Waals surface area contributed by atoms with Crippen LogP contribution in [0.1, 0.15) is 24.1 Å². The second-order valence-electron chi connectivity index (χ2n) is 4.58. The lowest BCUT2D eigenvalue weighted by molar-refractivity contribution is -0.384. The van der Waals surface area contributed by atoms with Gasteiger partial charge in [0.05, 0.1) is 4.92 Å². The summed E-state index contributed by atoms with van der Waals surface area (Å²) in [4.78, 5) is 10.4. The molecule has 0 radical (unpaired) electrons. The molecule has 0 aliphatic rings. The molecule has 0 aliphatic carbocycles. The molecule has 0 fully saturated rings. The third kappa shape index (κ3) is 4.01. The first-order valence-electron chi connectivity index (χ1n) is 6.28. The molecule has 1 N–H and O–H groups in total. The third-order valence-corrected chi connectivity index (χ3v) is 3.82. The number of nitrogens with one attached hydrogen (secondary N) is 1. The van der Waals surface area contributed by atoms with Crippen molar-refractivity contribution in [1.82, 2.24) is 5.32 Å². The zero-order chi connectivity index (χ0) is 14.5. The lowest BCUT2D eigenvalue weighted by Gasteiger charge is -2.14. The molecule has 0 heterocycles. The van der Waals surface area contributed by atoms with Crippen LogP contribution in [0, 0.1) is 13.7 Å². The van der Waals surface area contributed by atoms with E-state index in [9.17, 15) is 10.1 Å². The highest BCUT2D eigenvalue weighted by atomic mass is 127. The Labute approximate surface area is 131 Å². The fraction of sp³-hybridized carbons (Fsp3) is 0.200. The van der Waals surface area contributed by atoms with Gasteiger partial charge < -0.3 is 5.32 Å². The molecule has 2 aromatic rings. The Morgan fingerprint density at radius 3 is 2.60 bits per heavy atom. The van der Waals surface area contributed by atoms with Crippen molar-refractivity contribution in [3.05, 3.63) is 73.3 Å². The lowest BCUT2D eigenvalue weighted by Crippen LogP contribution is -2.18. The maximum atomic E-state index is 10.7. The van der Waals surface area contributed by atoms with Gasteiger partial charge in [-0.3, -0.25) is 10.1 Å². The van der Waals surface area contributed by atoms with E-state index in [1.54, 1.807) is 12.1 Å². The van der Waals surface area contributed by atoms with Crippen LogP contribution in [0.2, 0.25) is 0 Å². The van der Waals surface area contributed by atoms with E-state index in [0.717, 1.165) is 5.56 Å². The highest BCUT2D eigenvalue weighted by Gasteiger charge is 2.08. The summed E-state index contributed by atoms with van der Waals surface area (Å²) in [6.45, 7) is 2.69. The molecule has 0 aromatic heterocycles. The Kier molecular flexibility index (Phi) is 5.08. The van der Waals surface area contributed by atoms with Gasteiger partial charge in [0.15, 0.2) is 0 Å². The van der Waals surface area contributed by atoms with Gasteiger partial charge in [-0.1, -0.05) is 24.3 Å². The number of nitrogens with zero attached hydrogens (tertiary/aromatic N) is 1. The fourth-order valence-electron chi connectivity index (χ4n) is 1.92. The van der Waals surface area contributed by atoms with E-state index >= 15 is 0 Å². The zero-order valence-electron chi connectivity index (χ0n) is 11.0. The van der Waals surface area contributed by atoms with Gasteiger partial charge in [-0.05, 0) is 52.8 Å². The topological polar surface area (TPSA) is 55.2 Å². The summed E-state index contributed by atoms with van der Waals surface area (Å²) in [5, 5.41) is 14.1. The first-order chi connectivity index (χ1) is 9.56. The number of rotatable bonds is 5. The summed E-state index contributed by atoms with van der Waals surface area (Å²) in [7, 11) is 0. The molecule has 5 heteroatoms. The standard InChI is InChI=1S/C15H15IN2O2/c1-11(13-5-7-14(16)8-6-13)17-10-12-3-2-4-15(9-12)18(19)20/h2-9,11,17H,10H2,1H3. The molecule has 4 nitrogen and oxygen atoms in total. The van der Waals surface area contributed by atoms with E-state index in [1.165, 1.54) is 15.2 Å². The van der Waals surface area contributed by atoms with Crippen LogP contribution in [0.3, 0.4) is 0 Å². The van der Waals surface area contributed by atoms with Gasteiger partial charge >= 0.3 is 0 Å². The van der Waals surface area contributed by atoms with Crippen molar-refractivity contribution >= 4 is 28.3 Å². The minimum Gasteiger partial charge on any atom is -0.306 e. The summed E-state index contributed by atoms with van der Waals surface area (Å²) < 4.78 is 1.21. The minimum absolute atomic E-state index is 0.131. The molecule has 0 saturated heterocycles. The Balaban J connectivity index is 1.99. The normalized spacial score (nSPS) is 12.1. The van der Waals surface area contributed by atoms with E-state index in [-0.39, 0.29) is 16.7 Å². The maximum absolute atomic E-state index is 10.7. The SMILES string of the molecule is CC(NCc1cccc([N+](=O)[O-])c1)c1ccc(I)cc1. The maximum Gasteiger partial charge on any atom is 0.269 e. The van der Waals surface area contributed by atoms with Gasteiger partial charge in [-0.2, -0.15) is 0 Å².